The Labute approximate surface area is 189 Å². The van der Waals surface area contributed by atoms with Crippen LogP contribution in [0.15, 0.2) is 48.7 Å². The van der Waals surface area contributed by atoms with E-state index in [-0.39, 0.29) is 24.5 Å². The predicted molar refractivity (Wildman–Crippen MR) is 117 cm³/mol. The monoisotopic (exact) mass is 462 g/mol. The van der Waals surface area contributed by atoms with Crippen molar-refractivity contribution in [2.45, 2.75) is 31.0 Å². The lowest BCUT2D eigenvalue weighted by atomic mass is 9.77. The van der Waals surface area contributed by atoms with Gasteiger partial charge in [0.25, 0.3) is 0 Å². The predicted octanol–water partition coefficient (Wildman–Crippen LogP) is 5.11. The number of methoxy groups -OCH3 is 1. The minimum atomic E-state index is -4.32. The van der Waals surface area contributed by atoms with Crippen molar-refractivity contribution in [3.05, 3.63) is 59.8 Å². The second-order valence-electron chi connectivity index (χ2n) is 8.03. The van der Waals surface area contributed by atoms with Crippen LogP contribution >= 0.6 is 0 Å². The minimum absolute atomic E-state index is 0.0130. The summed E-state index contributed by atoms with van der Waals surface area (Å²) < 4.78 is 54.4. The third kappa shape index (κ3) is 5.66. The molecule has 1 aromatic heterocycles. The molecule has 0 aliphatic heterocycles. The summed E-state index contributed by atoms with van der Waals surface area (Å²) in [4.78, 5) is 15.2. The number of halogens is 3. The first-order valence-corrected chi connectivity index (χ1v) is 10.6. The first kappa shape index (κ1) is 23.1. The second-order valence-corrected chi connectivity index (χ2v) is 8.03. The number of H-pyrrole nitrogens is 1. The third-order valence-corrected chi connectivity index (χ3v) is 5.70. The van der Waals surface area contributed by atoms with Crippen molar-refractivity contribution < 1.29 is 32.2 Å². The number of aromatic amines is 1. The maximum Gasteiger partial charge on any atom is 0.416 e. The normalized spacial score (nSPS) is 18.2. The van der Waals surface area contributed by atoms with E-state index in [2.05, 4.69) is 10.3 Å². The van der Waals surface area contributed by atoms with Crippen LogP contribution in [-0.2, 0) is 20.4 Å². The van der Waals surface area contributed by atoms with Crippen molar-refractivity contribution in [3.8, 4) is 5.75 Å². The molecule has 2 aromatic carbocycles. The van der Waals surface area contributed by atoms with Crippen molar-refractivity contribution >= 4 is 22.5 Å². The quantitative estimate of drug-likeness (QED) is 0.434. The molecule has 0 saturated heterocycles. The number of ether oxygens (including phenoxy) is 3. The number of nitrogens with one attached hydrogen (secondary N) is 2. The zero-order valence-corrected chi connectivity index (χ0v) is 18.1. The topological polar surface area (TPSA) is 72.6 Å². The van der Waals surface area contributed by atoms with Crippen molar-refractivity contribution in [1.29, 1.82) is 0 Å². The van der Waals surface area contributed by atoms with Gasteiger partial charge in [0.2, 0.25) is 5.91 Å². The summed E-state index contributed by atoms with van der Waals surface area (Å²) in [5.74, 6) is 0.586. The number of aromatic nitrogens is 1. The second kappa shape index (κ2) is 9.84. The molecule has 1 heterocycles. The van der Waals surface area contributed by atoms with Crippen LogP contribution in [0.1, 0.15) is 29.9 Å². The molecular weight excluding hydrogens is 437 g/mol. The van der Waals surface area contributed by atoms with Crippen LogP contribution in [0.25, 0.3) is 10.9 Å². The number of hydrogen-bond acceptors (Lipinski definition) is 4. The molecule has 9 heteroatoms. The number of amides is 1. The summed E-state index contributed by atoms with van der Waals surface area (Å²) >= 11 is 0. The maximum absolute atomic E-state index is 12.7. The molecule has 4 rings (SSSR count). The van der Waals surface area contributed by atoms with Crippen LogP contribution in [0.5, 0.6) is 5.75 Å². The van der Waals surface area contributed by atoms with Gasteiger partial charge in [-0.05, 0) is 54.7 Å². The maximum atomic E-state index is 12.7. The Balaban J connectivity index is 1.32. The van der Waals surface area contributed by atoms with E-state index in [1.807, 2.05) is 18.2 Å². The van der Waals surface area contributed by atoms with E-state index in [1.54, 1.807) is 25.4 Å². The van der Waals surface area contributed by atoms with Gasteiger partial charge in [0.15, 0.2) is 0 Å². The van der Waals surface area contributed by atoms with E-state index in [9.17, 15) is 18.0 Å². The van der Waals surface area contributed by atoms with E-state index in [4.69, 9.17) is 14.2 Å². The number of anilines is 1. The first-order chi connectivity index (χ1) is 15.8. The van der Waals surface area contributed by atoms with Gasteiger partial charge in [0.1, 0.15) is 12.4 Å². The Kier molecular flexibility index (Phi) is 6.90. The number of benzene rings is 2. The van der Waals surface area contributed by atoms with E-state index >= 15 is 0 Å². The highest BCUT2D eigenvalue weighted by Gasteiger charge is 2.34. The lowest BCUT2D eigenvalue weighted by Crippen LogP contribution is -2.32. The van der Waals surface area contributed by atoms with Crippen molar-refractivity contribution in [1.82, 2.24) is 4.98 Å². The van der Waals surface area contributed by atoms with Gasteiger partial charge in [-0.25, -0.2) is 0 Å². The fourth-order valence-electron chi connectivity index (χ4n) is 3.84. The van der Waals surface area contributed by atoms with Crippen LogP contribution in [-0.4, -0.2) is 43.9 Å². The Bertz CT molecular complexity index is 1090. The largest absolute Gasteiger partial charge is 0.490 e. The molecule has 1 amide bonds. The van der Waals surface area contributed by atoms with Crippen LogP contribution in [0.4, 0.5) is 18.9 Å². The summed E-state index contributed by atoms with van der Waals surface area (Å²) in [6.07, 6.45) is -1.15. The van der Waals surface area contributed by atoms with Gasteiger partial charge < -0.3 is 24.5 Å². The number of carbonyl (C=O) groups is 1. The molecule has 0 radical (unpaired) electrons. The Morgan fingerprint density at radius 2 is 1.88 bits per heavy atom. The highest BCUT2D eigenvalue weighted by Crippen LogP contribution is 2.40. The number of alkyl halides is 3. The van der Waals surface area contributed by atoms with Gasteiger partial charge in [0, 0.05) is 24.2 Å². The zero-order chi connectivity index (χ0) is 23.4. The Morgan fingerprint density at radius 1 is 1.12 bits per heavy atom. The summed E-state index contributed by atoms with van der Waals surface area (Å²) in [7, 11) is 1.56. The minimum Gasteiger partial charge on any atom is -0.490 e. The molecule has 176 valence electrons. The van der Waals surface area contributed by atoms with E-state index in [1.165, 1.54) is 0 Å². The summed E-state index contributed by atoms with van der Waals surface area (Å²) in [5, 5.41) is 3.64. The molecule has 1 fully saturated rings. The fraction of sp³-hybridized carbons (Fsp3) is 0.375. The highest BCUT2D eigenvalue weighted by atomic mass is 19.4. The first-order valence-electron chi connectivity index (χ1n) is 10.6. The standard InChI is InChI=1S/C24H25F3N2O4/c1-31-8-9-32-14-23(30)29-22-13-28-21-7-6-18(12-20(21)22)33-19-10-16(11-19)15-2-4-17(5-3-15)24(25,26)27/h2-7,12-13,16,19,28H,8-11,14H2,1H3,(H,29,30). The average molecular weight is 462 g/mol. The SMILES string of the molecule is COCCOCC(=O)Nc1c[nH]c2ccc(OC3CC(c4ccc(C(F)(F)F)cc4)C3)cc12. The van der Waals surface area contributed by atoms with Crippen LogP contribution < -0.4 is 10.1 Å². The Hall–Kier alpha value is -3.04. The molecule has 6 nitrogen and oxygen atoms in total. The number of carbonyl (C=O) groups excluding carboxylic acids is 1. The van der Waals surface area contributed by atoms with E-state index in [0.29, 0.717) is 24.7 Å². The van der Waals surface area contributed by atoms with Crippen LogP contribution in [0, 0.1) is 0 Å². The highest BCUT2D eigenvalue weighted by molar-refractivity contribution is 6.02. The lowest BCUT2D eigenvalue weighted by Gasteiger charge is -2.35. The zero-order valence-electron chi connectivity index (χ0n) is 18.1. The van der Waals surface area contributed by atoms with Gasteiger partial charge in [0.05, 0.1) is 30.6 Å². The fourth-order valence-corrected chi connectivity index (χ4v) is 3.84. The summed E-state index contributed by atoms with van der Waals surface area (Å²) in [6.45, 7) is 0.687. The van der Waals surface area contributed by atoms with Crippen molar-refractivity contribution in [2.24, 2.45) is 0 Å². The van der Waals surface area contributed by atoms with Gasteiger partial charge in [-0.3, -0.25) is 4.79 Å². The lowest BCUT2D eigenvalue weighted by molar-refractivity contribution is -0.137. The number of rotatable bonds is 9. The van der Waals surface area contributed by atoms with Gasteiger partial charge in [-0.15, -0.1) is 0 Å². The molecule has 0 spiro atoms. The van der Waals surface area contributed by atoms with Gasteiger partial charge in [-0.1, -0.05) is 12.1 Å². The Morgan fingerprint density at radius 3 is 2.58 bits per heavy atom. The molecular formula is C24H25F3N2O4. The molecule has 1 aliphatic rings. The molecule has 3 aromatic rings. The molecule has 33 heavy (non-hydrogen) atoms. The van der Waals surface area contributed by atoms with Crippen LogP contribution in [0.2, 0.25) is 0 Å². The number of fused-ring (bicyclic) bond motifs is 1. The summed E-state index contributed by atoms with van der Waals surface area (Å²) in [5.41, 5.74) is 1.74. The molecule has 0 unspecified atom stereocenters. The van der Waals surface area contributed by atoms with E-state index < -0.39 is 11.7 Å². The smallest absolute Gasteiger partial charge is 0.416 e. The molecule has 1 saturated carbocycles. The molecule has 0 bridgehead atoms. The molecule has 2 N–H and O–H groups in total. The van der Waals surface area contributed by atoms with E-state index in [0.717, 1.165) is 41.4 Å². The van der Waals surface area contributed by atoms with Gasteiger partial charge in [-0.2, -0.15) is 13.2 Å². The number of hydrogen-bond donors (Lipinski definition) is 2. The van der Waals surface area contributed by atoms with Crippen molar-refractivity contribution in [2.75, 3.05) is 32.2 Å². The van der Waals surface area contributed by atoms with Crippen molar-refractivity contribution in [3.63, 3.8) is 0 Å². The summed E-state index contributed by atoms with van der Waals surface area (Å²) in [6, 6.07) is 10.9. The van der Waals surface area contributed by atoms with Gasteiger partial charge >= 0.3 is 6.18 Å². The molecule has 0 atom stereocenters. The molecule has 1 aliphatic carbocycles. The average Bonchev–Trinajstić information content (AvgIpc) is 3.15. The third-order valence-electron chi connectivity index (χ3n) is 5.70. The van der Waals surface area contributed by atoms with Crippen LogP contribution in [0.3, 0.4) is 0 Å².